The van der Waals surface area contributed by atoms with Gasteiger partial charge in [-0.05, 0) is 49.1 Å². The predicted octanol–water partition coefficient (Wildman–Crippen LogP) is 1.47. The quantitative estimate of drug-likeness (QED) is 0.818. The SMILES string of the molecule is COC(=O)C1CCCN1c1ccc2c(c1)CNCC2. The van der Waals surface area contributed by atoms with Gasteiger partial charge in [-0.25, -0.2) is 4.79 Å². The maximum atomic E-state index is 11.8. The van der Waals surface area contributed by atoms with E-state index in [1.807, 2.05) is 0 Å². The van der Waals surface area contributed by atoms with Gasteiger partial charge in [0.15, 0.2) is 0 Å². The standard InChI is InChI=1S/C15H20N2O2/c1-19-15(18)14-3-2-8-17(14)13-5-4-11-6-7-16-10-12(11)9-13/h4-5,9,14,16H,2-3,6-8,10H2,1H3. The van der Waals surface area contributed by atoms with Crippen molar-refractivity contribution in [1.29, 1.82) is 0 Å². The zero-order chi connectivity index (χ0) is 13.2. The fourth-order valence-corrected chi connectivity index (χ4v) is 3.10. The molecular weight excluding hydrogens is 240 g/mol. The number of ether oxygens (including phenoxy) is 1. The molecule has 0 aliphatic carbocycles. The molecule has 102 valence electrons. The predicted molar refractivity (Wildman–Crippen MR) is 74.2 cm³/mol. The van der Waals surface area contributed by atoms with Crippen molar-refractivity contribution in [3.8, 4) is 0 Å². The van der Waals surface area contributed by atoms with Crippen LogP contribution in [0.1, 0.15) is 24.0 Å². The van der Waals surface area contributed by atoms with Gasteiger partial charge in [-0.2, -0.15) is 0 Å². The van der Waals surface area contributed by atoms with Crippen LogP contribution in [0.2, 0.25) is 0 Å². The number of benzene rings is 1. The Hall–Kier alpha value is -1.55. The van der Waals surface area contributed by atoms with Crippen molar-refractivity contribution in [1.82, 2.24) is 5.32 Å². The van der Waals surface area contributed by atoms with Gasteiger partial charge < -0.3 is 15.0 Å². The molecule has 4 heteroatoms. The summed E-state index contributed by atoms with van der Waals surface area (Å²) in [6.07, 6.45) is 3.03. The molecule has 1 saturated heterocycles. The minimum Gasteiger partial charge on any atom is -0.467 e. The normalized spacial score (nSPS) is 22.2. The molecular formula is C15H20N2O2. The number of anilines is 1. The Labute approximate surface area is 113 Å². The minimum atomic E-state index is -0.117. The van der Waals surface area contributed by atoms with Gasteiger partial charge in [0.05, 0.1) is 7.11 Å². The lowest BCUT2D eigenvalue weighted by Gasteiger charge is -2.27. The van der Waals surface area contributed by atoms with Gasteiger partial charge in [-0.15, -0.1) is 0 Å². The largest absolute Gasteiger partial charge is 0.467 e. The third-order valence-corrected chi connectivity index (χ3v) is 4.13. The van der Waals surface area contributed by atoms with Crippen molar-refractivity contribution in [2.75, 3.05) is 25.1 Å². The Bertz CT molecular complexity index is 487. The Balaban J connectivity index is 1.87. The second-order valence-electron chi connectivity index (χ2n) is 5.25. The molecule has 0 aromatic heterocycles. The Morgan fingerprint density at radius 3 is 3.16 bits per heavy atom. The first-order valence-corrected chi connectivity index (χ1v) is 6.96. The van der Waals surface area contributed by atoms with Crippen molar-refractivity contribution in [3.05, 3.63) is 29.3 Å². The van der Waals surface area contributed by atoms with E-state index < -0.39 is 0 Å². The molecule has 0 saturated carbocycles. The molecule has 0 spiro atoms. The summed E-state index contributed by atoms with van der Waals surface area (Å²) < 4.78 is 4.91. The molecule has 2 heterocycles. The summed E-state index contributed by atoms with van der Waals surface area (Å²) in [5, 5.41) is 3.39. The Morgan fingerprint density at radius 1 is 1.42 bits per heavy atom. The van der Waals surface area contributed by atoms with Crippen molar-refractivity contribution < 1.29 is 9.53 Å². The Kier molecular flexibility index (Phi) is 3.42. The van der Waals surface area contributed by atoms with Crippen LogP contribution in [0, 0.1) is 0 Å². The van der Waals surface area contributed by atoms with E-state index in [-0.39, 0.29) is 12.0 Å². The molecule has 4 nitrogen and oxygen atoms in total. The lowest BCUT2D eigenvalue weighted by atomic mass is 10.00. The summed E-state index contributed by atoms with van der Waals surface area (Å²) in [5.74, 6) is -0.117. The molecule has 19 heavy (non-hydrogen) atoms. The van der Waals surface area contributed by atoms with E-state index in [1.165, 1.54) is 18.2 Å². The van der Waals surface area contributed by atoms with Gasteiger partial charge in [-0.3, -0.25) is 0 Å². The third-order valence-electron chi connectivity index (χ3n) is 4.13. The molecule has 1 aromatic carbocycles. The van der Waals surface area contributed by atoms with E-state index in [0.717, 1.165) is 44.6 Å². The summed E-state index contributed by atoms with van der Waals surface area (Å²) in [6.45, 7) is 2.92. The first-order valence-electron chi connectivity index (χ1n) is 6.96. The molecule has 1 atom stereocenters. The monoisotopic (exact) mass is 260 g/mol. The van der Waals surface area contributed by atoms with Crippen LogP contribution >= 0.6 is 0 Å². The fraction of sp³-hybridized carbons (Fsp3) is 0.533. The summed E-state index contributed by atoms with van der Waals surface area (Å²) in [5.41, 5.74) is 3.94. The molecule has 0 radical (unpaired) electrons. The highest BCUT2D eigenvalue weighted by atomic mass is 16.5. The van der Waals surface area contributed by atoms with Gasteiger partial charge in [0.25, 0.3) is 0 Å². The first kappa shape index (κ1) is 12.5. The van der Waals surface area contributed by atoms with Gasteiger partial charge in [0, 0.05) is 18.8 Å². The Morgan fingerprint density at radius 2 is 2.32 bits per heavy atom. The van der Waals surface area contributed by atoms with Crippen LogP contribution in [0.5, 0.6) is 0 Å². The average Bonchev–Trinajstić information content (AvgIpc) is 2.95. The number of hydrogen-bond donors (Lipinski definition) is 1. The molecule has 2 aliphatic rings. The lowest BCUT2D eigenvalue weighted by molar-refractivity contribution is -0.141. The van der Waals surface area contributed by atoms with Crippen molar-refractivity contribution >= 4 is 11.7 Å². The number of carbonyl (C=O) groups is 1. The van der Waals surface area contributed by atoms with Gasteiger partial charge in [0.1, 0.15) is 6.04 Å². The van der Waals surface area contributed by atoms with Gasteiger partial charge in [-0.1, -0.05) is 6.07 Å². The van der Waals surface area contributed by atoms with Crippen LogP contribution in [0.15, 0.2) is 18.2 Å². The molecule has 1 unspecified atom stereocenters. The summed E-state index contributed by atoms with van der Waals surface area (Å²) >= 11 is 0. The second kappa shape index (κ2) is 5.21. The van der Waals surface area contributed by atoms with E-state index in [4.69, 9.17) is 4.74 Å². The number of hydrogen-bond acceptors (Lipinski definition) is 4. The highest BCUT2D eigenvalue weighted by Gasteiger charge is 2.31. The zero-order valence-corrected chi connectivity index (χ0v) is 11.3. The first-order chi connectivity index (χ1) is 9.29. The maximum absolute atomic E-state index is 11.8. The summed E-state index contributed by atoms with van der Waals surface area (Å²) in [7, 11) is 1.47. The minimum absolute atomic E-state index is 0.111. The molecule has 1 fully saturated rings. The van der Waals surface area contributed by atoms with E-state index in [0.29, 0.717) is 0 Å². The van der Waals surface area contributed by atoms with E-state index in [1.54, 1.807) is 0 Å². The topological polar surface area (TPSA) is 41.6 Å². The number of nitrogens with one attached hydrogen (secondary N) is 1. The van der Waals surface area contributed by atoms with Crippen LogP contribution in [0.3, 0.4) is 0 Å². The summed E-state index contributed by atoms with van der Waals surface area (Å²) in [4.78, 5) is 14.0. The lowest BCUT2D eigenvalue weighted by Crippen LogP contribution is -2.37. The van der Waals surface area contributed by atoms with Gasteiger partial charge in [0.2, 0.25) is 0 Å². The maximum Gasteiger partial charge on any atom is 0.328 e. The molecule has 0 bridgehead atoms. The number of carbonyl (C=O) groups excluding carboxylic acids is 1. The highest BCUT2D eigenvalue weighted by Crippen LogP contribution is 2.29. The smallest absolute Gasteiger partial charge is 0.328 e. The number of methoxy groups -OCH3 is 1. The van der Waals surface area contributed by atoms with E-state index >= 15 is 0 Å². The van der Waals surface area contributed by atoms with Crippen LogP contribution in [0.4, 0.5) is 5.69 Å². The molecule has 1 N–H and O–H groups in total. The molecule has 0 amide bonds. The fourth-order valence-electron chi connectivity index (χ4n) is 3.10. The van der Waals surface area contributed by atoms with E-state index in [9.17, 15) is 4.79 Å². The van der Waals surface area contributed by atoms with Crippen molar-refractivity contribution in [3.63, 3.8) is 0 Å². The molecule has 2 aliphatic heterocycles. The highest BCUT2D eigenvalue weighted by molar-refractivity contribution is 5.80. The number of fused-ring (bicyclic) bond motifs is 1. The molecule has 3 rings (SSSR count). The zero-order valence-electron chi connectivity index (χ0n) is 11.3. The summed E-state index contributed by atoms with van der Waals surface area (Å²) in [6, 6.07) is 6.46. The van der Waals surface area contributed by atoms with E-state index in [2.05, 4.69) is 28.4 Å². The number of rotatable bonds is 2. The van der Waals surface area contributed by atoms with Crippen LogP contribution < -0.4 is 10.2 Å². The van der Waals surface area contributed by atoms with Crippen molar-refractivity contribution in [2.45, 2.75) is 31.8 Å². The van der Waals surface area contributed by atoms with Crippen LogP contribution in [-0.2, 0) is 22.5 Å². The van der Waals surface area contributed by atoms with Crippen LogP contribution in [-0.4, -0.2) is 32.2 Å². The van der Waals surface area contributed by atoms with Crippen LogP contribution in [0.25, 0.3) is 0 Å². The average molecular weight is 260 g/mol. The number of nitrogens with zero attached hydrogens (tertiary/aromatic N) is 1. The molecule has 1 aromatic rings. The van der Waals surface area contributed by atoms with Crippen molar-refractivity contribution in [2.24, 2.45) is 0 Å². The van der Waals surface area contributed by atoms with Gasteiger partial charge >= 0.3 is 5.97 Å². The second-order valence-corrected chi connectivity index (χ2v) is 5.25. The third kappa shape index (κ3) is 2.32. The number of esters is 1.